The van der Waals surface area contributed by atoms with Gasteiger partial charge in [0, 0.05) is 11.3 Å². The molecule has 5 nitrogen and oxygen atoms in total. The van der Waals surface area contributed by atoms with Crippen molar-refractivity contribution in [1.29, 1.82) is 0 Å². The van der Waals surface area contributed by atoms with Crippen molar-refractivity contribution in [2.75, 3.05) is 10.0 Å². The minimum Gasteiger partial charge on any atom is -0.322 e. The third-order valence-corrected chi connectivity index (χ3v) is 6.07. The van der Waals surface area contributed by atoms with E-state index in [0.29, 0.717) is 16.9 Å². The summed E-state index contributed by atoms with van der Waals surface area (Å²) in [5.74, 6) is -0.230. The normalized spacial score (nSPS) is 11.2. The van der Waals surface area contributed by atoms with E-state index in [1.165, 1.54) is 12.1 Å². The van der Waals surface area contributed by atoms with Gasteiger partial charge in [-0.2, -0.15) is 0 Å². The molecule has 0 heterocycles. The zero-order chi connectivity index (χ0) is 21.2. The van der Waals surface area contributed by atoms with E-state index in [0.717, 1.165) is 22.3 Å². The second kappa shape index (κ2) is 8.09. The summed E-state index contributed by atoms with van der Waals surface area (Å²) in [5.41, 5.74) is 5.46. The molecule has 3 aromatic rings. The van der Waals surface area contributed by atoms with Gasteiger partial charge in [0.05, 0.1) is 10.6 Å². The van der Waals surface area contributed by atoms with Crippen LogP contribution in [0.4, 0.5) is 11.4 Å². The van der Waals surface area contributed by atoms with Gasteiger partial charge in [0.1, 0.15) is 0 Å². The number of hydrogen-bond donors (Lipinski definition) is 2. The maximum absolute atomic E-state index is 12.7. The van der Waals surface area contributed by atoms with Crippen LogP contribution in [0.25, 0.3) is 0 Å². The Morgan fingerprint density at radius 1 is 0.759 bits per heavy atom. The molecule has 0 aromatic heterocycles. The Kier molecular flexibility index (Phi) is 5.75. The van der Waals surface area contributed by atoms with Gasteiger partial charge in [0.2, 0.25) is 0 Å². The highest BCUT2D eigenvalue weighted by Crippen LogP contribution is 2.22. The Morgan fingerprint density at radius 3 is 2.03 bits per heavy atom. The Bertz CT molecular complexity index is 1170. The van der Waals surface area contributed by atoms with Gasteiger partial charge in [0.15, 0.2) is 0 Å². The number of carbonyl (C=O) groups excluding carboxylic acids is 1. The van der Waals surface area contributed by atoms with Crippen LogP contribution >= 0.6 is 0 Å². The molecule has 0 aliphatic heterocycles. The second-order valence-electron chi connectivity index (χ2n) is 7.22. The minimum atomic E-state index is -3.72. The van der Waals surface area contributed by atoms with E-state index in [1.54, 1.807) is 24.3 Å². The first-order valence-electron chi connectivity index (χ1n) is 9.24. The molecule has 0 radical (unpaired) electrons. The van der Waals surface area contributed by atoms with Crippen molar-refractivity contribution in [3.63, 3.8) is 0 Å². The zero-order valence-corrected chi connectivity index (χ0v) is 17.7. The summed E-state index contributed by atoms with van der Waals surface area (Å²) in [6.07, 6.45) is 0. The van der Waals surface area contributed by atoms with Crippen molar-refractivity contribution in [3.8, 4) is 0 Å². The molecule has 3 rings (SSSR count). The predicted molar refractivity (Wildman–Crippen MR) is 117 cm³/mol. The Morgan fingerprint density at radius 2 is 1.38 bits per heavy atom. The molecule has 2 N–H and O–H groups in total. The SMILES string of the molecule is Cc1ccc(C(=O)Nc2ccc(S(=O)(=O)Nc3cc(C)ccc3C)cc2)c(C)c1. The van der Waals surface area contributed by atoms with Gasteiger partial charge in [-0.1, -0.05) is 29.8 Å². The number of benzene rings is 3. The van der Waals surface area contributed by atoms with Crippen LogP contribution in [0.5, 0.6) is 0 Å². The standard InChI is InChI=1S/C23H24N2O3S/c1-15-6-12-21(18(4)13-15)23(26)24-19-8-10-20(11-9-19)29(27,28)25-22-14-16(2)5-7-17(22)3/h5-14,25H,1-4H3,(H,24,26). The van der Waals surface area contributed by atoms with E-state index in [4.69, 9.17) is 0 Å². The molecule has 0 aliphatic carbocycles. The summed E-state index contributed by atoms with van der Waals surface area (Å²) < 4.78 is 28.0. The largest absolute Gasteiger partial charge is 0.322 e. The van der Waals surface area contributed by atoms with Gasteiger partial charge < -0.3 is 5.32 Å². The summed E-state index contributed by atoms with van der Waals surface area (Å²) in [4.78, 5) is 12.6. The van der Waals surface area contributed by atoms with Crippen molar-refractivity contribution < 1.29 is 13.2 Å². The Labute approximate surface area is 171 Å². The molecule has 0 aliphatic rings. The molecule has 3 aromatic carbocycles. The maximum atomic E-state index is 12.7. The summed E-state index contributed by atoms with van der Waals surface area (Å²) in [5, 5.41) is 2.81. The lowest BCUT2D eigenvalue weighted by Gasteiger charge is -2.12. The molecule has 1 amide bonds. The molecule has 0 unspecified atom stereocenters. The number of aryl methyl sites for hydroxylation is 4. The lowest BCUT2D eigenvalue weighted by molar-refractivity contribution is 0.102. The van der Waals surface area contributed by atoms with Crippen LogP contribution in [0.15, 0.2) is 65.6 Å². The Hall–Kier alpha value is -3.12. The fourth-order valence-electron chi connectivity index (χ4n) is 3.03. The molecule has 0 fully saturated rings. The summed E-state index contributed by atoms with van der Waals surface area (Å²) in [6.45, 7) is 7.62. The van der Waals surface area contributed by atoms with Gasteiger partial charge in [-0.15, -0.1) is 0 Å². The molecular formula is C23H24N2O3S. The van der Waals surface area contributed by atoms with Crippen molar-refractivity contribution >= 4 is 27.3 Å². The van der Waals surface area contributed by atoms with Gasteiger partial charge in [-0.05, 0) is 80.8 Å². The number of rotatable bonds is 5. The van der Waals surface area contributed by atoms with Crippen molar-refractivity contribution in [2.24, 2.45) is 0 Å². The maximum Gasteiger partial charge on any atom is 0.261 e. The molecule has 0 saturated heterocycles. The molecule has 0 saturated carbocycles. The third-order valence-electron chi connectivity index (χ3n) is 4.69. The monoisotopic (exact) mass is 408 g/mol. The zero-order valence-electron chi connectivity index (χ0n) is 16.9. The van der Waals surface area contributed by atoms with Crippen LogP contribution in [0.1, 0.15) is 32.6 Å². The van der Waals surface area contributed by atoms with E-state index in [9.17, 15) is 13.2 Å². The van der Waals surface area contributed by atoms with E-state index < -0.39 is 10.0 Å². The molecule has 150 valence electrons. The van der Waals surface area contributed by atoms with E-state index >= 15 is 0 Å². The van der Waals surface area contributed by atoms with Crippen molar-refractivity contribution in [2.45, 2.75) is 32.6 Å². The van der Waals surface area contributed by atoms with Crippen LogP contribution in [0.2, 0.25) is 0 Å². The first-order chi connectivity index (χ1) is 13.7. The number of anilines is 2. The molecule has 29 heavy (non-hydrogen) atoms. The van der Waals surface area contributed by atoms with E-state index in [2.05, 4.69) is 10.0 Å². The van der Waals surface area contributed by atoms with E-state index in [1.807, 2.05) is 52.0 Å². The lowest BCUT2D eigenvalue weighted by atomic mass is 10.1. The topological polar surface area (TPSA) is 75.3 Å². The van der Waals surface area contributed by atoms with Crippen LogP contribution in [-0.4, -0.2) is 14.3 Å². The molecular weight excluding hydrogens is 384 g/mol. The Balaban J connectivity index is 1.77. The number of carbonyl (C=O) groups is 1. The lowest BCUT2D eigenvalue weighted by Crippen LogP contribution is -2.15. The number of nitrogens with one attached hydrogen (secondary N) is 2. The fraction of sp³-hybridized carbons (Fsp3) is 0.174. The molecule has 0 atom stereocenters. The highest BCUT2D eigenvalue weighted by molar-refractivity contribution is 7.92. The average Bonchev–Trinajstić information content (AvgIpc) is 2.65. The van der Waals surface area contributed by atoms with Gasteiger partial charge in [-0.3, -0.25) is 9.52 Å². The summed E-state index contributed by atoms with van der Waals surface area (Å²) in [6, 6.07) is 17.3. The smallest absolute Gasteiger partial charge is 0.261 e. The second-order valence-corrected chi connectivity index (χ2v) is 8.90. The minimum absolute atomic E-state index is 0.128. The number of hydrogen-bond acceptors (Lipinski definition) is 3. The van der Waals surface area contributed by atoms with Gasteiger partial charge >= 0.3 is 0 Å². The van der Waals surface area contributed by atoms with Crippen molar-refractivity contribution in [1.82, 2.24) is 0 Å². The van der Waals surface area contributed by atoms with E-state index in [-0.39, 0.29) is 10.8 Å². The number of amides is 1. The summed E-state index contributed by atoms with van der Waals surface area (Å²) >= 11 is 0. The number of sulfonamides is 1. The van der Waals surface area contributed by atoms with Gasteiger partial charge in [-0.25, -0.2) is 8.42 Å². The summed E-state index contributed by atoms with van der Waals surface area (Å²) in [7, 11) is -3.72. The molecule has 6 heteroatoms. The molecule has 0 spiro atoms. The first-order valence-corrected chi connectivity index (χ1v) is 10.7. The highest BCUT2D eigenvalue weighted by atomic mass is 32.2. The fourth-order valence-corrected chi connectivity index (χ4v) is 4.16. The first kappa shape index (κ1) is 20.6. The van der Waals surface area contributed by atoms with Crippen LogP contribution < -0.4 is 10.0 Å². The third kappa shape index (κ3) is 4.84. The highest BCUT2D eigenvalue weighted by Gasteiger charge is 2.16. The quantitative estimate of drug-likeness (QED) is 0.626. The van der Waals surface area contributed by atoms with Crippen LogP contribution in [0, 0.1) is 27.7 Å². The van der Waals surface area contributed by atoms with Crippen molar-refractivity contribution in [3.05, 3.63) is 88.5 Å². The predicted octanol–water partition coefficient (Wildman–Crippen LogP) is 4.97. The van der Waals surface area contributed by atoms with Gasteiger partial charge in [0.25, 0.3) is 15.9 Å². The van der Waals surface area contributed by atoms with Crippen LogP contribution in [0.3, 0.4) is 0 Å². The molecule has 0 bridgehead atoms. The average molecular weight is 409 g/mol. The van der Waals surface area contributed by atoms with Crippen LogP contribution in [-0.2, 0) is 10.0 Å².